The molecule has 1 aromatic carbocycles. The topological polar surface area (TPSA) is 12.0 Å². The number of hydrogen-bond donors (Lipinski definition) is 1. The second-order valence-electron chi connectivity index (χ2n) is 5.96. The number of fused-ring (bicyclic) bond motifs is 1. The van der Waals surface area contributed by atoms with Crippen molar-refractivity contribution in [3.05, 3.63) is 41.5 Å². The minimum atomic E-state index is -1.28. The Balaban J connectivity index is 1.96. The van der Waals surface area contributed by atoms with Gasteiger partial charge in [-0.2, -0.15) is 0 Å². The number of nitrogens with one attached hydrogen (secondary N) is 1. The van der Waals surface area contributed by atoms with Gasteiger partial charge in [-0.1, -0.05) is 62.9 Å². The first-order valence-corrected chi connectivity index (χ1v) is 10.4. The van der Waals surface area contributed by atoms with E-state index in [0.29, 0.717) is 5.92 Å². The summed E-state index contributed by atoms with van der Waals surface area (Å²) in [6.45, 7) is 8.36. The maximum atomic E-state index is 3.82. The van der Waals surface area contributed by atoms with Crippen LogP contribution >= 0.6 is 0 Å². The van der Waals surface area contributed by atoms with Gasteiger partial charge in [0.05, 0.1) is 0 Å². The predicted molar refractivity (Wildman–Crippen MR) is 83.4 cm³/mol. The normalized spacial score (nSPS) is 18.1. The molecule has 1 aromatic rings. The van der Waals surface area contributed by atoms with Gasteiger partial charge in [-0.25, -0.2) is 0 Å². The summed E-state index contributed by atoms with van der Waals surface area (Å²) in [4.78, 5) is 3.82. The predicted octanol–water partition coefficient (Wildman–Crippen LogP) is 4.39. The van der Waals surface area contributed by atoms with Gasteiger partial charge in [0.25, 0.3) is 0 Å². The molecule has 2 heteroatoms. The molecular formula is C16H25NSi. The van der Waals surface area contributed by atoms with Crippen LogP contribution in [0.3, 0.4) is 0 Å². The first-order valence-electron chi connectivity index (χ1n) is 7.14. The molecule has 0 bridgehead atoms. The Morgan fingerprint density at radius 1 is 1.22 bits per heavy atom. The van der Waals surface area contributed by atoms with Crippen molar-refractivity contribution in [2.75, 3.05) is 6.54 Å². The lowest BCUT2D eigenvalue weighted by atomic mass is 10.0. The molecule has 0 heterocycles. The van der Waals surface area contributed by atoms with Crippen LogP contribution < -0.4 is 4.98 Å². The number of allylic oxidation sites excluding steroid dienone is 1. The van der Waals surface area contributed by atoms with E-state index in [4.69, 9.17) is 0 Å². The summed E-state index contributed by atoms with van der Waals surface area (Å²) in [5.41, 5.74) is 2.94. The SMILES string of the molecule is CCCCN[Si](C)(C)CC1C=Cc2ccccc21. The molecule has 0 aromatic heterocycles. The zero-order valence-electron chi connectivity index (χ0n) is 11.9. The highest BCUT2D eigenvalue weighted by Gasteiger charge is 2.27. The van der Waals surface area contributed by atoms with Gasteiger partial charge in [0.2, 0.25) is 0 Å². The van der Waals surface area contributed by atoms with E-state index in [-0.39, 0.29) is 0 Å². The molecule has 1 N–H and O–H groups in total. The minimum Gasteiger partial charge on any atom is -0.337 e. The Bertz CT molecular complexity index is 423. The van der Waals surface area contributed by atoms with Gasteiger partial charge in [-0.3, -0.25) is 0 Å². The summed E-state index contributed by atoms with van der Waals surface area (Å²) in [6, 6.07) is 10.1. The van der Waals surface area contributed by atoms with E-state index < -0.39 is 8.24 Å². The van der Waals surface area contributed by atoms with Gasteiger partial charge < -0.3 is 4.98 Å². The molecule has 0 amide bonds. The Morgan fingerprint density at radius 2 is 2.00 bits per heavy atom. The van der Waals surface area contributed by atoms with Crippen LogP contribution in [0.4, 0.5) is 0 Å². The third-order valence-corrected chi connectivity index (χ3v) is 6.44. The van der Waals surface area contributed by atoms with Crippen molar-refractivity contribution in [1.29, 1.82) is 0 Å². The van der Waals surface area contributed by atoms with E-state index in [1.54, 1.807) is 0 Å². The third-order valence-electron chi connectivity index (χ3n) is 3.77. The maximum absolute atomic E-state index is 3.82. The Kier molecular flexibility index (Phi) is 4.41. The maximum Gasteiger partial charge on any atom is 0.120 e. The number of hydrogen-bond acceptors (Lipinski definition) is 1. The van der Waals surface area contributed by atoms with E-state index in [9.17, 15) is 0 Å². The molecule has 0 fully saturated rings. The fourth-order valence-electron chi connectivity index (χ4n) is 2.73. The van der Waals surface area contributed by atoms with Gasteiger partial charge in [0.15, 0.2) is 0 Å². The summed E-state index contributed by atoms with van der Waals surface area (Å²) in [5, 5.41) is 0. The standard InChI is InChI=1S/C16H25NSi/c1-4-5-12-17-18(2,3)13-15-11-10-14-8-6-7-9-16(14)15/h6-11,15,17H,4-5,12-13H2,1-3H3. The van der Waals surface area contributed by atoms with E-state index in [0.717, 1.165) is 0 Å². The van der Waals surface area contributed by atoms with E-state index in [1.165, 1.54) is 36.6 Å². The van der Waals surface area contributed by atoms with Gasteiger partial charge in [0, 0.05) is 5.92 Å². The van der Waals surface area contributed by atoms with Crippen molar-refractivity contribution < 1.29 is 0 Å². The average Bonchev–Trinajstić information content (AvgIpc) is 2.72. The first-order chi connectivity index (χ1) is 8.62. The van der Waals surface area contributed by atoms with Crippen molar-refractivity contribution in [2.24, 2.45) is 0 Å². The first kappa shape index (κ1) is 13.6. The Hall–Kier alpha value is -0.863. The van der Waals surface area contributed by atoms with Gasteiger partial charge in [0.1, 0.15) is 8.24 Å². The summed E-state index contributed by atoms with van der Waals surface area (Å²) in [7, 11) is -1.28. The van der Waals surface area contributed by atoms with Crippen LogP contribution in [0, 0.1) is 0 Å². The third kappa shape index (κ3) is 3.33. The van der Waals surface area contributed by atoms with Crippen LogP contribution in [-0.2, 0) is 0 Å². The Morgan fingerprint density at radius 3 is 2.78 bits per heavy atom. The molecular weight excluding hydrogens is 234 g/mol. The second kappa shape index (κ2) is 5.85. The highest BCUT2D eigenvalue weighted by molar-refractivity contribution is 6.75. The van der Waals surface area contributed by atoms with Crippen molar-refractivity contribution in [3.63, 3.8) is 0 Å². The number of rotatable bonds is 6. The summed E-state index contributed by atoms with van der Waals surface area (Å²) >= 11 is 0. The number of benzene rings is 1. The second-order valence-corrected chi connectivity index (χ2v) is 10.5. The van der Waals surface area contributed by atoms with E-state index in [2.05, 4.69) is 61.4 Å². The molecule has 18 heavy (non-hydrogen) atoms. The summed E-state index contributed by atoms with van der Waals surface area (Å²) in [5.74, 6) is 0.636. The largest absolute Gasteiger partial charge is 0.337 e. The Labute approximate surface area is 112 Å². The molecule has 0 aliphatic heterocycles. The molecule has 1 nitrogen and oxygen atoms in total. The molecule has 0 saturated carbocycles. The van der Waals surface area contributed by atoms with Crippen molar-refractivity contribution in [1.82, 2.24) is 4.98 Å². The number of unbranched alkanes of at least 4 members (excludes halogenated alkanes) is 1. The van der Waals surface area contributed by atoms with Crippen LogP contribution in [0.15, 0.2) is 30.3 Å². The van der Waals surface area contributed by atoms with Crippen molar-refractivity contribution >= 4 is 14.3 Å². The zero-order chi connectivity index (χ0) is 13.0. The lowest BCUT2D eigenvalue weighted by Gasteiger charge is -2.27. The summed E-state index contributed by atoms with van der Waals surface area (Å²) in [6.07, 6.45) is 7.26. The van der Waals surface area contributed by atoms with Crippen molar-refractivity contribution in [2.45, 2.75) is 44.8 Å². The molecule has 1 aliphatic carbocycles. The summed E-state index contributed by atoms with van der Waals surface area (Å²) < 4.78 is 0. The smallest absolute Gasteiger partial charge is 0.120 e. The average molecular weight is 259 g/mol. The van der Waals surface area contributed by atoms with Crippen molar-refractivity contribution in [3.8, 4) is 0 Å². The van der Waals surface area contributed by atoms with E-state index >= 15 is 0 Å². The van der Waals surface area contributed by atoms with Crippen LogP contribution in [0.1, 0.15) is 36.8 Å². The quantitative estimate of drug-likeness (QED) is 0.590. The van der Waals surface area contributed by atoms with Crippen LogP contribution in [0.25, 0.3) is 6.08 Å². The molecule has 98 valence electrons. The molecule has 2 rings (SSSR count). The lowest BCUT2D eigenvalue weighted by Crippen LogP contribution is -2.45. The highest BCUT2D eigenvalue weighted by atomic mass is 28.3. The van der Waals surface area contributed by atoms with Crippen LogP contribution in [0.5, 0.6) is 0 Å². The van der Waals surface area contributed by atoms with Crippen LogP contribution in [-0.4, -0.2) is 14.8 Å². The van der Waals surface area contributed by atoms with Gasteiger partial charge >= 0.3 is 0 Å². The molecule has 1 atom stereocenters. The lowest BCUT2D eigenvalue weighted by molar-refractivity contribution is 0.746. The minimum absolute atomic E-state index is 0.636. The van der Waals surface area contributed by atoms with E-state index in [1.807, 2.05) is 0 Å². The fourth-order valence-corrected chi connectivity index (χ4v) is 5.18. The monoisotopic (exact) mass is 259 g/mol. The van der Waals surface area contributed by atoms with Crippen LogP contribution in [0.2, 0.25) is 19.1 Å². The fraction of sp³-hybridized carbons (Fsp3) is 0.500. The van der Waals surface area contributed by atoms with Gasteiger partial charge in [-0.15, -0.1) is 0 Å². The molecule has 0 spiro atoms. The zero-order valence-corrected chi connectivity index (χ0v) is 12.9. The molecule has 1 aliphatic rings. The van der Waals surface area contributed by atoms with Gasteiger partial charge in [-0.05, 0) is 30.1 Å². The molecule has 0 radical (unpaired) electrons. The molecule has 0 saturated heterocycles. The highest BCUT2D eigenvalue weighted by Crippen LogP contribution is 2.35. The molecule has 1 unspecified atom stereocenters.